The van der Waals surface area contributed by atoms with Crippen LogP contribution < -0.4 is 20.6 Å². The van der Waals surface area contributed by atoms with Gasteiger partial charge in [0.25, 0.3) is 0 Å². The maximum atomic E-state index is 10.6. The predicted octanol–water partition coefficient (Wildman–Crippen LogP) is 3.04. The van der Waals surface area contributed by atoms with Crippen LogP contribution in [-0.2, 0) is 6.61 Å². The zero-order valence-electron chi connectivity index (χ0n) is 12.5. The Bertz CT molecular complexity index is 719. The fourth-order valence-corrected chi connectivity index (χ4v) is 2.29. The standard InChI is InChI=1S/C16H16BrN3O3/c1-22-14-6-5-11(9-19-20-16(18)21)8-15(14)23-10-12-3-2-4-13(17)7-12/h2-9H,10H2,1H3,(H3,18,20,21). The Morgan fingerprint density at radius 1 is 1.30 bits per heavy atom. The van der Waals surface area contributed by atoms with Crippen LogP contribution in [0.15, 0.2) is 52.0 Å². The van der Waals surface area contributed by atoms with E-state index in [1.54, 1.807) is 25.3 Å². The summed E-state index contributed by atoms with van der Waals surface area (Å²) in [6.07, 6.45) is 1.47. The van der Waals surface area contributed by atoms with Gasteiger partial charge in [0, 0.05) is 4.47 Å². The number of hydrogen-bond donors (Lipinski definition) is 2. The lowest BCUT2D eigenvalue weighted by molar-refractivity contribution is 0.249. The topological polar surface area (TPSA) is 85.9 Å². The maximum Gasteiger partial charge on any atom is 0.332 e. The number of methoxy groups -OCH3 is 1. The first-order valence-electron chi connectivity index (χ1n) is 6.72. The molecule has 3 N–H and O–H groups in total. The summed E-state index contributed by atoms with van der Waals surface area (Å²) in [5.74, 6) is 1.19. The number of nitrogens with zero attached hydrogens (tertiary/aromatic N) is 1. The summed E-state index contributed by atoms with van der Waals surface area (Å²) in [7, 11) is 1.57. The molecule has 0 heterocycles. The summed E-state index contributed by atoms with van der Waals surface area (Å²) in [6, 6.07) is 12.4. The number of urea groups is 1. The van der Waals surface area contributed by atoms with Crippen molar-refractivity contribution in [2.45, 2.75) is 6.61 Å². The van der Waals surface area contributed by atoms with Gasteiger partial charge in [-0.05, 0) is 41.5 Å². The molecular weight excluding hydrogens is 362 g/mol. The second-order valence-corrected chi connectivity index (χ2v) is 5.48. The van der Waals surface area contributed by atoms with Crippen LogP contribution in [0.4, 0.5) is 4.79 Å². The Balaban J connectivity index is 2.12. The number of amides is 2. The van der Waals surface area contributed by atoms with Gasteiger partial charge in [-0.2, -0.15) is 5.10 Å². The maximum absolute atomic E-state index is 10.6. The van der Waals surface area contributed by atoms with E-state index in [-0.39, 0.29) is 0 Å². The molecule has 23 heavy (non-hydrogen) atoms. The molecule has 0 unspecified atom stereocenters. The van der Waals surface area contributed by atoms with E-state index in [0.29, 0.717) is 18.1 Å². The Morgan fingerprint density at radius 2 is 2.13 bits per heavy atom. The molecule has 7 heteroatoms. The molecule has 0 aliphatic rings. The van der Waals surface area contributed by atoms with Gasteiger partial charge in [-0.25, -0.2) is 10.2 Å². The molecule has 0 spiro atoms. The molecule has 2 amide bonds. The van der Waals surface area contributed by atoms with Crippen molar-refractivity contribution in [2.24, 2.45) is 10.8 Å². The Hall–Kier alpha value is -2.54. The molecule has 0 atom stereocenters. The van der Waals surface area contributed by atoms with Crippen LogP contribution in [0.1, 0.15) is 11.1 Å². The number of rotatable bonds is 6. The molecule has 0 saturated heterocycles. The van der Waals surface area contributed by atoms with Crippen LogP contribution in [0.25, 0.3) is 0 Å². The van der Waals surface area contributed by atoms with Crippen LogP contribution in [0.2, 0.25) is 0 Å². The van der Waals surface area contributed by atoms with Crippen LogP contribution >= 0.6 is 15.9 Å². The monoisotopic (exact) mass is 377 g/mol. The van der Waals surface area contributed by atoms with E-state index in [4.69, 9.17) is 15.2 Å². The van der Waals surface area contributed by atoms with Gasteiger partial charge in [-0.3, -0.25) is 0 Å². The smallest absolute Gasteiger partial charge is 0.332 e. The van der Waals surface area contributed by atoms with Crippen molar-refractivity contribution < 1.29 is 14.3 Å². The molecule has 120 valence electrons. The molecule has 0 aromatic heterocycles. The fraction of sp³-hybridized carbons (Fsp3) is 0.125. The highest BCUT2D eigenvalue weighted by Gasteiger charge is 2.06. The molecular formula is C16H16BrN3O3. The minimum absolute atomic E-state index is 0.399. The van der Waals surface area contributed by atoms with Crippen molar-refractivity contribution in [3.05, 3.63) is 58.1 Å². The van der Waals surface area contributed by atoms with Gasteiger partial charge in [-0.15, -0.1) is 0 Å². The van der Waals surface area contributed by atoms with Crippen LogP contribution in [0.3, 0.4) is 0 Å². The van der Waals surface area contributed by atoms with E-state index < -0.39 is 6.03 Å². The Kier molecular flexibility index (Phi) is 5.99. The molecule has 0 bridgehead atoms. The number of hydrogen-bond acceptors (Lipinski definition) is 4. The highest BCUT2D eigenvalue weighted by atomic mass is 79.9. The van der Waals surface area contributed by atoms with Crippen LogP contribution in [0, 0.1) is 0 Å². The molecule has 0 aliphatic heterocycles. The average Bonchev–Trinajstić information content (AvgIpc) is 2.53. The summed E-state index contributed by atoms with van der Waals surface area (Å²) < 4.78 is 12.1. The van der Waals surface area contributed by atoms with Gasteiger partial charge < -0.3 is 15.2 Å². The molecule has 2 rings (SSSR count). The molecule has 2 aromatic rings. The van der Waals surface area contributed by atoms with Gasteiger partial charge in [0.15, 0.2) is 11.5 Å². The second kappa shape index (κ2) is 8.19. The number of carbonyl (C=O) groups is 1. The van der Waals surface area contributed by atoms with Crippen molar-refractivity contribution in [1.82, 2.24) is 5.43 Å². The third-order valence-electron chi connectivity index (χ3n) is 2.86. The second-order valence-electron chi connectivity index (χ2n) is 4.56. The third kappa shape index (κ3) is 5.30. The summed E-state index contributed by atoms with van der Waals surface area (Å²) >= 11 is 3.43. The van der Waals surface area contributed by atoms with E-state index in [1.807, 2.05) is 24.3 Å². The molecule has 0 aliphatic carbocycles. The Labute approximate surface area is 142 Å². The number of nitrogens with one attached hydrogen (secondary N) is 1. The average molecular weight is 378 g/mol. The van der Waals surface area contributed by atoms with Gasteiger partial charge in [0.1, 0.15) is 6.61 Å². The molecule has 0 radical (unpaired) electrons. The predicted molar refractivity (Wildman–Crippen MR) is 91.8 cm³/mol. The minimum Gasteiger partial charge on any atom is -0.493 e. The number of halogens is 1. The lowest BCUT2D eigenvalue weighted by Gasteiger charge is -2.11. The molecule has 0 fully saturated rings. The summed E-state index contributed by atoms with van der Waals surface area (Å²) in [6.45, 7) is 0.399. The van der Waals surface area contributed by atoms with Crippen LogP contribution in [0.5, 0.6) is 11.5 Å². The zero-order valence-corrected chi connectivity index (χ0v) is 14.0. The lowest BCUT2D eigenvalue weighted by atomic mass is 10.2. The van der Waals surface area contributed by atoms with Crippen molar-refractivity contribution in [3.8, 4) is 11.5 Å². The highest BCUT2D eigenvalue weighted by Crippen LogP contribution is 2.28. The van der Waals surface area contributed by atoms with Gasteiger partial charge in [0.05, 0.1) is 13.3 Å². The van der Waals surface area contributed by atoms with Crippen molar-refractivity contribution >= 4 is 28.2 Å². The summed E-state index contributed by atoms with van der Waals surface area (Å²) in [5.41, 5.74) is 8.84. The number of hydrazone groups is 1. The van der Waals surface area contributed by atoms with E-state index >= 15 is 0 Å². The fourth-order valence-electron chi connectivity index (χ4n) is 1.84. The number of nitrogens with two attached hydrogens (primary N) is 1. The van der Waals surface area contributed by atoms with Gasteiger partial charge in [-0.1, -0.05) is 28.1 Å². The first-order valence-corrected chi connectivity index (χ1v) is 7.51. The third-order valence-corrected chi connectivity index (χ3v) is 3.35. The largest absolute Gasteiger partial charge is 0.493 e. The normalized spacial score (nSPS) is 10.5. The number of ether oxygens (including phenoxy) is 2. The SMILES string of the molecule is COc1ccc(C=NNC(N)=O)cc1OCc1cccc(Br)c1. The van der Waals surface area contributed by atoms with Gasteiger partial charge in [0.2, 0.25) is 0 Å². The van der Waals surface area contributed by atoms with Crippen molar-refractivity contribution in [2.75, 3.05) is 7.11 Å². The molecule has 2 aromatic carbocycles. The van der Waals surface area contributed by atoms with E-state index in [2.05, 4.69) is 26.5 Å². The number of benzene rings is 2. The van der Waals surface area contributed by atoms with E-state index in [0.717, 1.165) is 15.6 Å². The van der Waals surface area contributed by atoms with Crippen molar-refractivity contribution in [3.63, 3.8) is 0 Å². The van der Waals surface area contributed by atoms with Crippen LogP contribution in [-0.4, -0.2) is 19.4 Å². The minimum atomic E-state index is -0.721. The highest BCUT2D eigenvalue weighted by molar-refractivity contribution is 9.10. The first kappa shape index (κ1) is 16.8. The molecule has 6 nitrogen and oxygen atoms in total. The first-order chi connectivity index (χ1) is 11.1. The number of primary amides is 1. The summed E-state index contributed by atoms with van der Waals surface area (Å²) in [4.78, 5) is 10.6. The lowest BCUT2D eigenvalue weighted by Crippen LogP contribution is -2.24. The Morgan fingerprint density at radius 3 is 2.83 bits per heavy atom. The zero-order chi connectivity index (χ0) is 16.7. The molecule has 0 saturated carbocycles. The summed E-state index contributed by atoms with van der Waals surface area (Å²) in [5, 5.41) is 3.72. The van der Waals surface area contributed by atoms with E-state index in [1.165, 1.54) is 6.21 Å². The quantitative estimate of drug-likeness (QED) is 0.599. The van der Waals surface area contributed by atoms with E-state index in [9.17, 15) is 4.79 Å². The number of carbonyl (C=O) groups excluding carboxylic acids is 1. The van der Waals surface area contributed by atoms with Gasteiger partial charge >= 0.3 is 6.03 Å². The van der Waals surface area contributed by atoms with Crippen molar-refractivity contribution in [1.29, 1.82) is 0 Å².